The van der Waals surface area contributed by atoms with Crippen molar-refractivity contribution in [1.29, 1.82) is 0 Å². The first kappa shape index (κ1) is 10.1. The van der Waals surface area contributed by atoms with Crippen molar-refractivity contribution < 1.29 is 5.11 Å². The normalized spacial score (nSPS) is 26.7. The molecule has 1 aromatic heterocycles. The van der Waals surface area contributed by atoms with Crippen LogP contribution in [-0.2, 0) is 6.42 Å². The number of nitrogens with one attached hydrogen (secondary N) is 1. The molecule has 1 aliphatic heterocycles. The van der Waals surface area contributed by atoms with E-state index < -0.39 is 5.60 Å². The minimum atomic E-state index is -0.592. The van der Waals surface area contributed by atoms with Gasteiger partial charge in [-0.3, -0.25) is 0 Å². The lowest BCUT2D eigenvalue weighted by molar-refractivity contribution is 0.0616. The minimum Gasteiger partial charge on any atom is -0.388 e. The molecule has 1 saturated heterocycles. The summed E-state index contributed by atoms with van der Waals surface area (Å²) < 4.78 is 0.834. The van der Waals surface area contributed by atoms with Crippen LogP contribution in [-0.4, -0.2) is 28.8 Å². The van der Waals surface area contributed by atoms with Crippen molar-refractivity contribution in [1.82, 2.24) is 10.3 Å². The molecular formula is C10H13BrN2O. The molecule has 2 rings (SSSR count). The first-order valence-corrected chi connectivity index (χ1v) is 5.51. The third-order valence-electron chi connectivity index (χ3n) is 2.58. The second-order valence-corrected chi connectivity index (χ2v) is 4.53. The fourth-order valence-corrected chi connectivity index (χ4v) is 2.18. The third kappa shape index (κ3) is 2.13. The number of halogens is 1. The van der Waals surface area contributed by atoms with Gasteiger partial charge in [0, 0.05) is 19.2 Å². The van der Waals surface area contributed by atoms with E-state index in [-0.39, 0.29) is 0 Å². The highest BCUT2D eigenvalue weighted by molar-refractivity contribution is 9.10. The first-order chi connectivity index (χ1) is 6.70. The largest absolute Gasteiger partial charge is 0.388 e. The van der Waals surface area contributed by atoms with E-state index >= 15 is 0 Å². The topological polar surface area (TPSA) is 45.2 Å². The van der Waals surface area contributed by atoms with Crippen LogP contribution in [0.15, 0.2) is 22.9 Å². The third-order valence-corrected chi connectivity index (χ3v) is 3.29. The van der Waals surface area contributed by atoms with Gasteiger partial charge in [-0.2, -0.15) is 0 Å². The van der Waals surface area contributed by atoms with E-state index in [1.165, 1.54) is 0 Å². The zero-order valence-corrected chi connectivity index (χ0v) is 9.42. The van der Waals surface area contributed by atoms with Gasteiger partial charge in [0.15, 0.2) is 0 Å². The summed E-state index contributed by atoms with van der Waals surface area (Å²) in [7, 11) is 0. The molecule has 14 heavy (non-hydrogen) atoms. The molecule has 1 aliphatic rings. The van der Waals surface area contributed by atoms with Gasteiger partial charge in [-0.25, -0.2) is 4.98 Å². The number of rotatable bonds is 2. The Kier molecular flexibility index (Phi) is 2.85. The smallest absolute Gasteiger partial charge is 0.109 e. The number of pyridine rings is 1. The van der Waals surface area contributed by atoms with E-state index in [4.69, 9.17) is 0 Å². The highest BCUT2D eigenvalue weighted by Crippen LogP contribution is 2.23. The van der Waals surface area contributed by atoms with Gasteiger partial charge < -0.3 is 10.4 Å². The average molecular weight is 257 g/mol. The van der Waals surface area contributed by atoms with Crippen LogP contribution in [0.5, 0.6) is 0 Å². The summed E-state index contributed by atoms with van der Waals surface area (Å²) in [6.07, 6.45) is 3.22. The van der Waals surface area contributed by atoms with E-state index in [1.807, 2.05) is 12.1 Å². The molecule has 0 radical (unpaired) electrons. The van der Waals surface area contributed by atoms with Crippen molar-refractivity contribution in [3.63, 3.8) is 0 Å². The molecule has 2 N–H and O–H groups in total. The second kappa shape index (κ2) is 3.96. The van der Waals surface area contributed by atoms with Crippen LogP contribution in [0.2, 0.25) is 0 Å². The van der Waals surface area contributed by atoms with Gasteiger partial charge >= 0.3 is 0 Å². The molecule has 1 aromatic rings. The highest BCUT2D eigenvalue weighted by Gasteiger charge is 2.31. The van der Waals surface area contributed by atoms with Crippen molar-refractivity contribution in [2.45, 2.75) is 18.4 Å². The Bertz CT molecular complexity index is 324. The molecule has 4 heteroatoms. The molecule has 0 bridgehead atoms. The van der Waals surface area contributed by atoms with E-state index in [0.29, 0.717) is 13.0 Å². The lowest BCUT2D eigenvalue weighted by Gasteiger charge is -2.21. The molecule has 0 spiro atoms. The Hall–Kier alpha value is -0.450. The Morgan fingerprint density at radius 3 is 3.14 bits per heavy atom. The number of β-amino-alcohol motifs (C(OH)–C–C–N with tert-alkyl or cyclic N) is 1. The van der Waals surface area contributed by atoms with Crippen LogP contribution in [0.3, 0.4) is 0 Å². The Morgan fingerprint density at radius 1 is 1.64 bits per heavy atom. The standard InChI is InChI=1S/C10H13BrN2O/c11-9-8(2-1-4-13-9)6-10(14)3-5-12-7-10/h1-2,4,12,14H,3,5-7H2. The number of nitrogens with zero attached hydrogens (tertiary/aromatic N) is 1. The molecular weight excluding hydrogens is 244 g/mol. The van der Waals surface area contributed by atoms with E-state index in [2.05, 4.69) is 26.2 Å². The molecule has 0 aliphatic carbocycles. The summed E-state index contributed by atoms with van der Waals surface area (Å²) in [5.74, 6) is 0. The van der Waals surface area contributed by atoms with Gasteiger partial charge in [0.1, 0.15) is 4.60 Å². The maximum Gasteiger partial charge on any atom is 0.109 e. The Labute approximate surface area is 91.7 Å². The van der Waals surface area contributed by atoms with Gasteiger partial charge in [0.2, 0.25) is 0 Å². The minimum absolute atomic E-state index is 0.592. The van der Waals surface area contributed by atoms with Crippen molar-refractivity contribution in [3.8, 4) is 0 Å². The fourth-order valence-electron chi connectivity index (χ4n) is 1.79. The van der Waals surface area contributed by atoms with Crippen LogP contribution in [0.25, 0.3) is 0 Å². The molecule has 3 nitrogen and oxygen atoms in total. The zero-order chi connectivity index (χ0) is 10.0. The number of aliphatic hydroxyl groups is 1. The molecule has 0 aromatic carbocycles. The Balaban J connectivity index is 2.14. The maximum absolute atomic E-state index is 10.2. The zero-order valence-electron chi connectivity index (χ0n) is 7.83. The first-order valence-electron chi connectivity index (χ1n) is 4.72. The van der Waals surface area contributed by atoms with Gasteiger partial charge in [-0.05, 0) is 40.5 Å². The predicted octanol–water partition coefficient (Wildman–Crippen LogP) is 1.11. The predicted molar refractivity (Wildman–Crippen MR) is 58.1 cm³/mol. The molecule has 2 heterocycles. The summed E-state index contributed by atoms with van der Waals surface area (Å²) in [6.45, 7) is 1.57. The molecule has 0 amide bonds. The summed E-state index contributed by atoms with van der Waals surface area (Å²) in [6, 6.07) is 3.89. The molecule has 76 valence electrons. The van der Waals surface area contributed by atoms with Gasteiger partial charge in [-0.1, -0.05) is 6.07 Å². The summed E-state index contributed by atoms with van der Waals surface area (Å²) in [5, 5.41) is 13.3. The Morgan fingerprint density at radius 2 is 2.50 bits per heavy atom. The highest BCUT2D eigenvalue weighted by atomic mass is 79.9. The molecule has 1 unspecified atom stereocenters. The van der Waals surface area contributed by atoms with Gasteiger partial charge in [0.05, 0.1) is 5.60 Å². The lowest BCUT2D eigenvalue weighted by Crippen LogP contribution is -2.33. The average Bonchev–Trinajstić information content (AvgIpc) is 2.57. The fraction of sp³-hybridized carbons (Fsp3) is 0.500. The summed E-state index contributed by atoms with van der Waals surface area (Å²) in [5.41, 5.74) is 0.477. The number of aromatic nitrogens is 1. The molecule has 0 saturated carbocycles. The van der Waals surface area contributed by atoms with Crippen LogP contribution in [0, 0.1) is 0 Å². The van der Waals surface area contributed by atoms with E-state index in [1.54, 1.807) is 6.20 Å². The monoisotopic (exact) mass is 256 g/mol. The van der Waals surface area contributed by atoms with E-state index in [9.17, 15) is 5.11 Å². The van der Waals surface area contributed by atoms with Crippen LogP contribution >= 0.6 is 15.9 Å². The van der Waals surface area contributed by atoms with Crippen molar-refractivity contribution >= 4 is 15.9 Å². The molecule has 1 fully saturated rings. The number of hydrogen-bond donors (Lipinski definition) is 2. The quantitative estimate of drug-likeness (QED) is 0.780. The van der Waals surface area contributed by atoms with Crippen LogP contribution in [0.1, 0.15) is 12.0 Å². The SMILES string of the molecule is OC1(Cc2cccnc2Br)CCNC1. The number of hydrogen-bond acceptors (Lipinski definition) is 3. The van der Waals surface area contributed by atoms with Gasteiger partial charge in [-0.15, -0.1) is 0 Å². The second-order valence-electron chi connectivity index (χ2n) is 3.78. The van der Waals surface area contributed by atoms with Crippen molar-refractivity contribution in [2.24, 2.45) is 0 Å². The van der Waals surface area contributed by atoms with Gasteiger partial charge in [0.25, 0.3) is 0 Å². The summed E-state index contributed by atoms with van der Waals surface area (Å²) >= 11 is 3.39. The van der Waals surface area contributed by atoms with E-state index in [0.717, 1.165) is 23.1 Å². The van der Waals surface area contributed by atoms with Crippen molar-refractivity contribution in [2.75, 3.05) is 13.1 Å². The summed E-state index contributed by atoms with van der Waals surface area (Å²) in [4.78, 5) is 4.14. The van der Waals surface area contributed by atoms with Crippen LogP contribution in [0.4, 0.5) is 0 Å². The van der Waals surface area contributed by atoms with Crippen molar-refractivity contribution in [3.05, 3.63) is 28.5 Å². The lowest BCUT2D eigenvalue weighted by atomic mass is 9.95. The molecule has 1 atom stereocenters. The maximum atomic E-state index is 10.2. The van der Waals surface area contributed by atoms with Crippen LogP contribution < -0.4 is 5.32 Å².